The zero-order chi connectivity index (χ0) is 18.7. The van der Waals surface area contributed by atoms with Crippen LogP contribution in [0.3, 0.4) is 0 Å². The number of sulfonamides is 1. The standard InChI is InChI=1S/C17H22N4O3S/c1-12(22)19-13-5-8-15(9-6-13)25(23,24)21-16-10-7-14(11-18-16)20-17(2,3)4/h5-11,20H,1-4H3,(H,18,21)(H,19,22). The Bertz CT molecular complexity index is 839. The van der Waals surface area contributed by atoms with Crippen molar-refractivity contribution in [2.24, 2.45) is 0 Å². The van der Waals surface area contributed by atoms with E-state index in [0.29, 0.717) is 5.69 Å². The lowest BCUT2D eigenvalue weighted by atomic mass is 10.1. The van der Waals surface area contributed by atoms with Crippen LogP contribution in [0.5, 0.6) is 0 Å². The van der Waals surface area contributed by atoms with Crippen molar-refractivity contribution in [3.05, 3.63) is 42.6 Å². The third-order valence-electron chi connectivity index (χ3n) is 3.01. The minimum absolute atomic E-state index is 0.0836. The summed E-state index contributed by atoms with van der Waals surface area (Å²) in [5.41, 5.74) is 1.22. The highest BCUT2D eigenvalue weighted by Crippen LogP contribution is 2.19. The molecule has 0 bridgehead atoms. The lowest BCUT2D eigenvalue weighted by Crippen LogP contribution is -2.26. The van der Waals surface area contributed by atoms with Crippen LogP contribution in [0.1, 0.15) is 27.7 Å². The average Bonchev–Trinajstić information content (AvgIpc) is 2.47. The van der Waals surface area contributed by atoms with Crippen LogP contribution in [0, 0.1) is 0 Å². The molecule has 25 heavy (non-hydrogen) atoms. The minimum Gasteiger partial charge on any atom is -0.379 e. The number of hydrogen-bond donors (Lipinski definition) is 3. The van der Waals surface area contributed by atoms with Crippen molar-refractivity contribution < 1.29 is 13.2 Å². The van der Waals surface area contributed by atoms with Crippen LogP contribution in [-0.2, 0) is 14.8 Å². The largest absolute Gasteiger partial charge is 0.379 e. The number of pyridine rings is 1. The fraction of sp³-hybridized carbons (Fsp3) is 0.294. The van der Waals surface area contributed by atoms with Gasteiger partial charge in [-0.15, -0.1) is 0 Å². The number of hydrogen-bond acceptors (Lipinski definition) is 5. The van der Waals surface area contributed by atoms with Gasteiger partial charge in [0.05, 0.1) is 16.8 Å². The summed E-state index contributed by atoms with van der Waals surface area (Å²) in [5, 5.41) is 5.83. The Morgan fingerprint density at radius 3 is 2.08 bits per heavy atom. The van der Waals surface area contributed by atoms with Gasteiger partial charge in [-0.05, 0) is 57.2 Å². The average molecular weight is 362 g/mol. The number of nitrogens with one attached hydrogen (secondary N) is 3. The summed E-state index contributed by atoms with van der Waals surface area (Å²) in [6, 6.07) is 9.25. The first-order chi connectivity index (χ1) is 11.5. The lowest BCUT2D eigenvalue weighted by molar-refractivity contribution is -0.114. The Kier molecular flexibility index (Phi) is 5.32. The Labute approximate surface area is 147 Å². The molecule has 1 amide bonds. The van der Waals surface area contributed by atoms with Crippen molar-refractivity contribution >= 4 is 33.1 Å². The highest BCUT2D eigenvalue weighted by Gasteiger charge is 2.15. The second-order valence-corrected chi connectivity index (χ2v) is 8.30. The molecule has 1 aromatic heterocycles. The van der Waals surface area contributed by atoms with E-state index in [1.54, 1.807) is 18.3 Å². The molecule has 134 valence electrons. The van der Waals surface area contributed by atoms with Crippen molar-refractivity contribution in [1.82, 2.24) is 4.98 Å². The summed E-state index contributed by atoms with van der Waals surface area (Å²) in [6.07, 6.45) is 1.57. The zero-order valence-corrected chi connectivity index (χ0v) is 15.4. The molecule has 8 heteroatoms. The highest BCUT2D eigenvalue weighted by molar-refractivity contribution is 7.92. The monoisotopic (exact) mass is 362 g/mol. The van der Waals surface area contributed by atoms with Crippen molar-refractivity contribution in [2.75, 3.05) is 15.4 Å². The van der Waals surface area contributed by atoms with Crippen LogP contribution in [0.4, 0.5) is 17.2 Å². The van der Waals surface area contributed by atoms with Crippen molar-refractivity contribution in [2.45, 2.75) is 38.1 Å². The van der Waals surface area contributed by atoms with Crippen LogP contribution in [0.15, 0.2) is 47.5 Å². The van der Waals surface area contributed by atoms with E-state index in [9.17, 15) is 13.2 Å². The molecule has 2 rings (SSSR count). The molecule has 3 N–H and O–H groups in total. The predicted octanol–water partition coefficient (Wildman–Crippen LogP) is 3.05. The number of anilines is 3. The smallest absolute Gasteiger partial charge is 0.263 e. The molecule has 0 unspecified atom stereocenters. The molecular weight excluding hydrogens is 340 g/mol. The number of nitrogens with zero attached hydrogens (tertiary/aromatic N) is 1. The van der Waals surface area contributed by atoms with Crippen LogP contribution in [0.2, 0.25) is 0 Å². The molecule has 0 saturated heterocycles. The van der Waals surface area contributed by atoms with Gasteiger partial charge in [0.25, 0.3) is 10.0 Å². The molecule has 0 aliphatic heterocycles. The molecule has 0 radical (unpaired) electrons. The van der Waals surface area contributed by atoms with E-state index in [1.807, 2.05) is 20.8 Å². The molecular formula is C17H22N4O3S. The summed E-state index contributed by atoms with van der Waals surface area (Å²) in [4.78, 5) is 15.2. The number of carbonyl (C=O) groups excluding carboxylic acids is 1. The molecule has 0 aliphatic carbocycles. The van der Waals surface area contributed by atoms with Crippen LogP contribution in [-0.4, -0.2) is 24.8 Å². The molecule has 2 aromatic rings. The van der Waals surface area contributed by atoms with E-state index in [0.717, 1.165) is 5.69 Å². The molecule has 0 aliphatic rings. The molecule has 0 atom stereocenters. The Hall–Kier alpha value is -2.61. The predicted molar refractivity (Wildman–Crippen MR) is 99.2 cm³/mol. The van der Waals surface area contributed by atoms with Gasteiger partial charge in [-0.2, -0.15) is 0 Å². The van der Waals surface area contributed by atoms with Gasteiger partial charge in [-0.25, -0.2) is 13.4 Å². The van der Waals surface area contributed by atoms with Gasteiger partial charge < -0.3 is 10.6 Å². The van der Waals surface area contributed by atoms with Gasteiger partial charge in [0, 0.05) is 18.2 Å². The minimum atomic E-state index is -3.75. The zero-order valence-electron chi connectivity index (χ0n) is 14.6. The van der Waals surface area contributed by atoms with Crippen LogP contribution >= 0.6 is 0 Å². The fourth-order valence-electron chi connectivity index (χ4n) is 2.08. The van der Waals surface area contributed by atoms with Gasteiger partial charge in [0.1, 0.15) is 5.82 Å². The highest BCUT2D eigenvalue weighted by atomic mass is 32.2. The maximum Gasteiger partial charge on any atom is 0.263 e. The van der Waals surface area contributed by atoms with E-state index in [-0.39, 0.29) is 22.2 Å². The van der Waals surface area contributed by atoms with E-state index in [2.05, 4.69) is 20.3 Å². The van der Waals surface area contributed by atoms with Crippen LogP contribution < -0.4 is 15.4 Å². The number of rotatable bonds is 5. The maximum absolute atomic E-state index is 12.4. The summed E-state index contributed by atoms with van der Waals surface area (Å²) in [6.45, 7) is 7.45. The Morgan fingerprint density at radius 1 is 1.00 bits per heavy atom. The normalized spacial score (nSPS) is 11.7. The SMILES string of the molecule is CC(=O)Nc1ccc(S(=O)(=O)Nc2ccc(NC(C)(C)C)cn2)cc1. The fourth-order valence-corrected chi connectivity index (χ4v) is 3.09. The maximum atomic E-state index is 12.4. The molecule has 7 nitrogen and oxygen atoms in total. The molecule has 0 fully saturated rings. The van der Waals surface area contributed by atoms with E-state index in [4.69, 9.17) is 0 Å². The van der Waals surface area contributed by atoms with Gasteiger partial charge in [-0.3, -0.25) is 9.52 Å². The van der Waals surface area contributed by atoms with Gasteiger partial charge in [-0.1, -0.05) is 0 Å². The van der Waals surface area contributed by atoms with Gasteiger partial charge in [0.2, 0.25) is 5.91 Å². The Balaban J connectivity index is 2.11. The summed E-state index contributed by atoms with van der Waals surface area (Å²) >= 11 is 0. The summed E-state index contributed by atoms with van der Waals surface area (Å²) in [5.74, 6) is 0.00675. The first kappa shape index (κ1) is 18.7. The summed E-state index contributed by atoms with van der Waals surface area (Å²) < 4.78 is 27.2. The second kappa shape index (κ2) is 7.10. The Morgan fingerprint density at radius 2 is 1.60 bits per heavy atom. The van der Waals surface area contributed by atoms with E-state index < -0.39 is 10.0 Å². The number of carbonyl (C=O) groups is 1. The molecule has 0 saturated carbocycles. The quantitative estimate of drug-likeness (QED) is 0.759. The third-order valence-corrected chi connectivity index (χ3v) is 4.38. The van der Waals surface area contributed by atoms with E-state index in [1.165, 1.54) is 31.2 Å². The van der Waals surface area contributed by atoms with Crippen molar-refractivity contribution in [1.29, 1.82) is 0 Å². The van der Waals surface area contributed by atoms with Crippen molar-refractivity contribution in [3.63, 3.8) is 0 Å². The summed E-state index contributed by atoms with van der Waals surface area (Å²) in [7, 11) is -3.75. The number of benzene rings is 1. The first-order valence-electron chi connectivity index (χ1n) is 7.70. The van der Waals surface area contributed by atoms with Gasteiger partial charge in [0.15, 0.2) is 0 Å². The third kappa shape index (κ3) is 5.75. The molecule has 0 spiro atoms. The first-order valence-corrected chi connectivity index (χ1v) is 9.18. The lowest BCUT2D eigenvalue weighted by Gasteiger charge is -2.21. The molecule has 1 heterocycles. The van der Waals surface area contributed by atoms with E-state index >= 15 is 0 Å². The topological polar surface area (TPSA) is 100 Å². The second-order valence-electron chi connectivity index (χ2n) is 6.62. The van der Waals surface area contributed by atoms with Crippen LogP contribution in [0.25, 0.3) is 0 Å². The van der Waals surface area contributed by atoms with Gasteiger partial charge >= 0.3 is 0 Å². The number of aromatic nitrogens is 1. The molecule has 1 aromatic carbocycles. The van der Waals surface area contributed by atoms with Crippen molar-refractivity contribution in [3.8, 4) is 0 Å². The number of amides is 1.